The number of aromatic amines is 2. The summed E-state index contributed by atoms with van der Waals surface area (Å²) in [5.74, 6) is 2.68. The van der Waals surface area contributed by atoms with E-state index in [9.17, 15) is 4.79 Å². The van der Waals surface area contributed by atoms with Crippen LogP contribution in [0.2, 0.25) is 0 Å². The molecular weight excluding hydrogens is 747 g/mol. The number of ketones is 2. The van der Waals surface area contributed by atoms with Crippen LogP contribution in [0, 0.1) is 47.3 Å². The lowest BCUT2D eigenvalue weighted by atomic mass is 9.60. The molecule has 5 aliphatic carbocycles. The van der Waals surface area contributed by atoms with Crippen molar-refractivity contribution in [1.29, 1.82) is 0 Å². The number of benzene rings is 6. The van der Waals surface area contributed by atoms with E-state index >= 15 is 4.79 Å². The molecule has 0 aliphatic heterocycles. The van der Waals surface area contributed by atoms with E-state index in [1.54, 1.807) is 0 Å². The molecule has 2 N–H and O–H groups in total. The minimum atomic E-state index is -0.0266. The minimum Gasteiger partial charge on any atom is -0.355 e. The van der Waals surface area contributed by atoms with Gasteiger partial charge in [-0.15, -0.1) is 0 Å². The summed E-state index contributed by atoms with van der Waals surface area (Å²) in [4.78, 5) is 37.6. The largest absolute Gasteiger partial charge is 0.355 e. The third kappa shape index (κ3) is 4.84. The Kier molecular flexibility index (Phi) is 7.29. The second-order valence-electron chi connectivity index (χ2n) is 19.8. The highest BCUT2D eigenvalue weighted by molar-refractivity contribution is 6.09. The summed E-state index contributed by atoms with van der Waals surface area (Å²) in [6.07, 6.45) is 6.93. The van der Waals surface area contributed by atoms with E-state index in [0.29, 0.717) is 41.2 Å². The molecule has 6 aromatic carbocycles. The van der Waals surface area contributed by atoms with Gasteiger partial charge in [-0.1, -0.05) is 103 Å². The Morgan fingerprint density at radius 1 is 0.443 bits per heavy atom. The molecule has 0 saturated heterocycles. The van der Waals surface area contributed by atoms with Crippen molar-refractivity contribution in [3.05, 3.63) is 145 Å². The van der Waals surface area contributed by atoms with Gasteiger partial charge >= 0.3 is 0 Å². The maximum atomic E-state index is 15.3. The lowest BCUT2D eigenvalue weighted by Crippen LogP contribution is -2.38. The van der Waals surface area contributed by atoms with Crippen molar-refractivity contribution in [2.24, 2.45) is 47.3 Å². The molecule has 5 fully saturated rings. The van der Waals surface area contributed by atoms with Crippen LogP contribution < -0.4 is 0 Å². The van der Waals surface area contributed by atoms with Crippen LogP contribution in [-0.4, -0.2) is 26.1 Å². The van der Waals surface area contributed by atoms with Gasteiger partial charge < -0.3 is 14.5 Å². The smallest absolute Gasteiger partial charge is 0.140 e. The zero-order valence-electron chi connectivity index (χ0n) is 34.3. The first-order valence-corrected chi connectivity index (χ1v) is 23.1. The summed E-state index contributed by atoms with van der Waals surface area (Å²) in [6, 6.07) is 49.4. The molecule has 11 unspecified atom stereocenters. The van der Waals surface area contributed by atoms with E-state index in [1.807, 2.05) is 0 Å². The summed E-state index contributed by atoms with van der Waals surface area (Å²) in [5, 5.41) is 7.65. The van der Waals surface area contributed by atoms with E-state index in [-0.39, 0.29) is 35.6 Å². The lowest BCUT2D eigenvalue weighted by molar-refractivity contribution is -0.129. The number of nitrogens with zero attached hydrogens (tertiary/aromatic N) is 1. The standard InChI is InChI=1S/C56H49N3O2/c60-55-39-14-9-19-52(59-50-17-7-3-12-37(50)38-13-4-8-18-51(38)59)53(39)43-28-41-42-25-32(30-20-22-35-33-10-1-5-15-46(33)57-48(35)26-30)24-40(54(42)56(61)44(41)29-45(43)55)31-21-23-36-34-11-2-6-16-47(34)58-49(36)27-31/h1-8,10-13,15-18,20-23,26-27,32,39-45,52-54,57-58H,9,14,19,24-25,28-29H2. The summed E-state index contributed by atoms with van der Waals surface area (Å²) >= 11 is 0. The first-order valence-electron chi connectivity index (χ1n) is 23.1. The maximum absolute atomic E-state index is 15.3. The van der Waals surface area contributed by atoms with E-state index in [2.05, 4.69) is 148 Å². The number of rotatable bonds is 3. The number of nitrogens with one attached hydrogen (secondary N) is 2. The summed E-state index contributed by atoms with van der Waals surface area (Å²) in [7, 11) is 0. The molecule has 61 heavy (non-hydrogen) atoms. The number of fused-ring (bicyclic) bond motifs is 15. The minimum absolute atomic E-state index is 0.00425. The number of hydrogen-bond acceptors (Lipinski definition) is 2. The number of para-hydroxylation sites is 4. The Bertz CT molecular complexity index is 3240. The van der Waals surface area contributed by atoms with Crippen molar-refractivity contribution in [1.82, 2.24) is 14.5 Å². The van der Waals surface area contributed by atoms with Crippen molar-refractivity contribution in [3.8, 4) is 0 Å². The van der Waals surface area contributed by atoms with Gasteiger partial charge in [-0.3, -0.25) is 9.59 Å². The normalized spacial score (nSPS) is 31.0. The fourth-order valence-corrected chi connectivity index (χ4v) is 15.1. The highest BCUT2D eigenvalue weighted by atomic mass is 16.1. The fourth-order valence-electron chi connectivity index (χ4n) is 15.1. The van der Waals surface area contributed by atoms with E-state index in [0.717, 1.165) is 56.0 Å². The molecule has 5 saturated carbocycles. The number of H-pyrrole nitrogens is 2. The lowest BCUT2D eigenvalue weighted by Gasteiger charge is -2.44. The van der Waals surface area contributed by atoms with E-state index < -0.39 is 0 Å². The molecule has 11 atom stereocenters. The molecule has 0 amide bonds. The van der Waals surface area contributed by atoms with Crippen molar-refractivity contribution in [3.63, 3.8) is 0 Å². The molecule has 5 aliphatic rings. The zero-order valence-corrected chi connectivity index (χ0v) is 34.3. The summed E-state index contributed by atoms with van der Waals surface area (Å²) in [5.41, 5.74) is 9.94. The van der Waals surface area contributed by atoms with Gasteiger partial charge in [0.25, 0.3) is 0 Å². The highest BCUT2D eigenvalue weighted by Gasteiger charge is 2.63. The van der Waals surface area contributed by atoms with Crippen molar-refractivity contribution >= 4 is 77.0 Å². The van der Waals surface area contributed by atoms with Crippen molar-refractivity contribution in [2.45, 2.75) is 62.8 Å². The number of aromatic nitrogens is 3. The average molecular weight is 796 g/mol. The second-order valence-corrected chi connectivity index (χ2v) is 19.8. The second kappa shape index (κ2) is 12.8. The Morgan fingerprint density at radius 2 is 1.02 bits per heavy atom. The van der Waals surface area contributed by atoms with Gasteiger partial charge in [-0.05, 0) is 122 Å². The van der Waals surface area contributed by atoms with E-state index in [1.165, 1.54) is 65.5 Å². The molecule has 0 spiro atoms. The Morgan fingerprint density at radius 3 is 1.70 bits per heavy atom. The van der Waals surface area contributed by atoms with Crippen LogP contribution in [0.1, 0.15) is 74.0 Å². The molecule has 3 aromatic heterocycles. The third-order valence-electron chi connectivity index (χ3n) is 17.4. The van der Waals surface area contributed by atoms with Gasteiger partial charge in [-0.25, -0.2) is 0 Å². The molecule has 0 radical (unpaired) electrons. The van der Waals surface area contributed by atoms with Crippen LogP contribution in [0.15, 0.2) is 133 Å². The molecule has 5 heteroatoms. The van der Waals surface area contributed by atoms with Crippen molar-refractivity contribution in [2.75, 3.05) is 0 Å². The number of carbonyl (C=O) groups excluding carboxylic acids is 2. The van der Waals surface area contributed by atoms with Crippen molar-refractivity contribution < 1.29 is 9.59 Å². The molecule has 0 bridgehead atoms. The molecule has 5 nitrogen and oxygen atoms in total. The van der Waals surface area contributed by atoms with Crippen LogP contribution in [0.4, 0.5) is 0 Å². The van der Waals surface area contributed by atoms with Crippen LogP contribution >= 0.6 is 0 Å². The first-order chi connectivity index (χ1) is 30.1. The molecule has 3 heterocycles. The topological polar surface area (TPSA) is 70.7 Å². The number of carbonyl (C=O) groups is 2. The molecular formula is C56H49N3O2. The fraction of sp³-hybridized carbons (Fsp3) is 0.321. The Labute approximate surface area is 354 Å². The molecule has 9 aromatic rings. The predicted molar refractivity (Wildman–Crippen MR) is 246 cm³/mol. The molecule has 14 rings (SSSR count). The summed E-state index contributed by atoms with van der Waals surface area (Å²) < 4.78 is 2.65. The predicted octanol–water partition coefficient (Wildman–Crippen LogP) is 13.0. The Balaban J connectivity index is 0.875. The monoisotopic (exact) mass is 795 g/mol. The quantitative estimate of drug-likeness (QED) is 0.187. The third-order valence-corrected chi connectivity index (χ3v) is 17.4. The van der Waals surface area contributed by atoms with Crippen LogP contribution in [0.5, 0.6) is 0 Å². The van der Waals surface area contributed by atoms with Crippen LogP contribution in [0.25, 0.3) is 65.4 Å². The van der Waals surface area contributed by atoms with Crippen LogP contribution in [-0.2, 0) is 9.59 Å². The highest BCUT2D eigenvalue weighted by Crippen LogP contribution is 2.65. The average Bonchev–Trinajstić information content (AvgIpc) is 4.10. The number of Topliss-reactive ketones (excluding diaryl/α,β-unsaturated/α-hetero) is 2. The SMILES string of the molecule is O=C1C2CC3C(=O)C4C(c5ccc6c(c5)[nH]c5ccccc56)CC(c5ccc6c(c5)[nH]c5ccccc56)CC4C3CC2C2C1CCCC2n1c2ccccc2c2ccccc21. The van der Waals surface area contributed by atoms with Gasteiger partial charge in [0.15, 0.2) is 0 Å². The van der Waals surface area contributed by atoms with E-state index in [4.69, 9.17) is 0 Å². The van der Waals surface area contributed by atoms with Gasteiger partial charge in [0.1, 0.15) is 11.6 Å². The van der Waals surface area contributed by atoms with Gasteiger partial charge in [0, 0.05) is 95.1 Å². The summed E-state index contributed by atoms with van der Waals surface area (Å²) in [6.45, 7) is 0. The Hall–Kier alpha value is -5.94. The first kappa shape index (κ1) is 34.7. The van der Waals surface area contributed by atoms with Gasteiger partial charge in [0.2, 0.25) is 0 Å². The van der Waals surface area contributed by atoms with Crippen LogP contribution in [0.3, 0.4) is 0 Å². The maximum Gasteiger partial charge on any atom is 0.140 e. The van der Waals surface area contributed by atoms with Gasteiger partial charge in [-0.2, -0.15) is 0 Å². The molecule has 300 valence electrons. The van der Waals surface area contributed by atoms with Gasteiger partial charge in [0.05, 0.1) is 0 Å². The zero-order chi connectivity index (χ0) is 40.1. The number of hydrogen-bond donors (Lipinski definition) is 2.